The van der Waals surface area contributed by atoms with Crippen LogP contribution in [0.4, 0.5) is 5.69 Å². The smallest absolute Gasteiger partial charge is 0.266 e. The number of benzene rings is 2. The molecule has 1 heterocycles. The van der Waals surface area contributed by atoms with Gasteiger partial charge in [-0.1, -0.05) is 61.9 Å². The Bertz CT molecular complexity index is 724. The fraction of sp³-hybridized carbons (Fsp3) is 0.263. The van der Waals surface area contributed by atoms with E-state index in [1.807, 2.05) is 54.6 Å². The third-order valence-corrected chi connectivity index (χ3v) is 4.02. The zero-order chi connectivity index (χ0) is 16.2. The summed E-state index contributed by atoms with van der Waals surface area (Å²) < 4.78 is 0. The van der Waals surface area contributed by atoms with Crippen molar-refractivity contribution in [2.24, 2.45) is 10.7 Å². The maximum Gasteiger partial charge on any atom is 0.266 e. The van der Waals surface area contributed by atoms with Crippen LogP contribution in [0.1, 0.15) is 30.9 Å². The Hall–Kier alpha value is -2.46. The van der Waals surface area contributed by atoms with E-state index in [-0.39, 0.29) is 5.91 Å². The molecule has 0 aromatic heterocycles. The molecule has 3 rings (SSSR count). The maximum atomic E-state index is 12.7. The molecule has 0 saturated heterocycles. The SMILES string of the molecule is CCCCN1C(=O)C(N)N=C(c2ccccc2)c2ccccc21. The van der Waals surface area contributed by atoms with Crippen molar-refractivity contribution in [1.82, 2.24) is 0 Å². The van der Waals surface area contributed by atoms with E-state index in [1.165, 1.54) is 0 Å². The fourth-order valence-corrected chi connectivity index (χ4v) is 2.82. The Kier molecular flexibility index (Phi) is 4.53. The summed E-state index contributed by atoms with van der Waals surface area (Å²) >= 11 is 0. The Morgan fingerprint density at radius 1 is 1.09 bits per heavy atom. The minimum Gasteiger partial charge on any atom is -0.309 e. The van der Waals surface area contributed by atoms with Crippen molar-refractivity contribution in [3.63, 3.8) is 0 Å². The lowest BCUT2D eigenvalue weighted by Gasteiger charge is -2.24. The van der Waals surface area contributed by atoms with Gasteiger partial charge in [-0.15, -0.1) is 0 Å². The average molecular weight is 307 g/mol. The molecule has 118 valence electrons. The number of nitrogens with two attached hydrogens (primary N) is 1. The average Bonchev–Trinajstić information content (AvgIpc) is 2.70. The highest BCUT2D eigenvalue weighted by molar-refractivity contribution is 6.20. The van der Waals surface area contributed by atoms with Gasteiger partial charge < -0.3 is 10.6 Å². The first-order chi connectivity index (χ1) is 11.2. The lowest BCUT2D eigenvalue weighted by Crippen LogP contribution is -2.42. The van der Waals surface area contributed by atoms with Crippen molar-refractivity contribution in [2.45, 2.75) is 25.9 Å². The first kappa shape index (κ1) is 15.4. The number of aliphatic imine (C=N–C) groups is 1. The van der Waals surface area contributed by atoms with Gasteiger partial charge in [0.1, 0.15) is 0 Å². The second kappa shape index (κ2) is 6.75. The molecule has 1 amide bonds. The molecule has 1 unspecified atom stereocenters. The molecule has 0 radical (unpaired) electrons. The van der Waals surface area contributed by atoms with Crippen LogP contribution < -0.4 is 10.6 Å². The predicted molar refractivity (Wildman–Crippen MR) is 93.8 cm³/mol. The van der Waals surface area contributed by atoms with Crippen LogP contribution in [0, 0.1) is 0 Å². The first-order valence-corrected chi connectivity index (χ1v) is 8.02. The summed E-state index contributed by atoms with van der Waals surface area (Å²) in [6.07, 6.45) is 1.09. The van der Waals surface area contributed by atoms with Crippen LogP contribution in [0.15, 0.2) is 59.6 Å². The van der Waals surface area contributed by atoms with E-state index >= 15 is 0 Å². The van der Waals surface area contributed by atoms with E-state index in [4.69, 9.17) is 5.73 Å². The summed E-state index contributed by atoms with van der Waals surface area (Å²) in [4.78, 5) is 19.0. The third-order valence-electron chi connectivity index (χ3n) is 4.02. The van der Waals surface area contributed by atoms with Crippen LogP contribution in [0.25, 0.3) is 0 Å². The molecule has 0 saturated carbocycles. The van der Waals surface area contributed by atoms with Crippen molar-refractivity contribution in [2.75, 3.05) is 11.4 Å². The van der Waals surface area contributed by atoms with Crippen LogP contribution in [0.2, 0.25) is 0 Å². The number of benzodiazepines with no additional fused rings is 1. The third kappa shape index (κ3) is 3.03. The van der Waals surface area contributed by atoms with E-state index in [1.54, 1.807) is 4.90 Å². The summed E-state index contributed by atoms with van der Waals surface area (Å²) in [6, 6.07) is 17.8. The molecule has 1 atom stereocenters. The highest BCUT2D eigenvalue weighted by Gasteiger charge is 2.29. The van der Waals surface area contributed by atoms with Gasteiger partial charge in [0, 0.05) is 17.7 Å². The van der Waals surface area contributed by atoms with Crippen LogP contribution >= 0.6 is 0 Å². The highest BCUT2D eigenvalue weighted by Crippen LogP contribution is 2.28. The van der Waals surface area contributed by atoms with Crippen LogP contribution in [-0.4, -0.2) is 24.3 Å². The zero-order valence-corrected chi connectivity index (χ0v) is 13.3. The van der Waals surface area contributed by atoms with Crippen LogP contribution in [-0.2, 0) is 4.79 Å². The van der Waals surface area contributed by atoms with Gasteiger partial charge in [-0.2, -0.15) is 0 Å². The summed E-state index contributed by atoms with van der Waals surface area (Å²) in [6.45, 7) is 2.78. The number of hydrogen-bond acceptors (Lipinski definition) is 3. The lowest BCUT2D eigenvalue weighted by atomic mass is 10.00. The fourth-order valence-electron chi connectivity index (χ4n) is 2.82. The number of hydrogen-bond donors (Lipinski definition) is 1. The Balaban J connectivity index is 2.14. The van der Waals surface area contributed by atoms with E-state index in [0.717, 1.165) is 35.4 Å². The van der Waals surface area contributed by atoms with Gasteiger partial charge in [-0.3, -0.25) is 9.79 Å². The number of fused-ring (bicyclic) bond motifs is 1. The second-order valence-corrected chi connectivity index (χ2v) is 5.65. The quantitative estimate of drug-likeness (QED) is 0.944. The van der Waals surface area contributed by atoms with Crippen molar-refractivity contribution in [3.8, 4) is 0 Å². The van der Waals surface area contributed by atoms with Crippen LogP contribution in [0.5, 0.6) is 0 Å². The van der Waals surface area contributed by atoms with Crippen molar-refractivity contribution in [3.05, 3.63) is 65.7 Å². The number of anilines is 1. The minimum absolute atomic E-state index is 0.142. The largest absolute Gasteiger partial charge is 0.309 e. The molecular formula is C19H21N3O. The Labute approximate surface area is 136 Å². The van der Waals surface area contributed by atoms with Gasteiger partial charge in [-0.25, -0.2) is 0 Å². The maximum absolute atomic E-state index is 12.7. The van der Waals surface area contributed by atoms with Gasteiger partial charge >= 0.3 is 0 Å². The lowest BCUT2D eigenvalue weighted by molar-refractivity contribution is -0.119. The summed E-state index contributed by atoms with van der Waals surface area (Å²) in [5.74, 6) is -0.142. The first-order valence-electron chi connectivity index (χ1n) is 8.02. The topological polar surface area (TPSA) is 58.7 Å². The molecule has 2 N–H and O–H groups in total. The molecule has 2 aromatic rings. The number of carbonyl (C=O) groups is 1. The minimum atomic E-state index is -0.866. The molecular weight excluding hydrogens is 286 g/mol. The highest BCUT2D eigenvalue weighted by atomic mass is 16.2. The van der Waals surface area contributed by atoms with Crippen molar-refractivity contribution >= 4 is 17.3 Å². The molecule has 0 bridgehead atoms. The number of unbranched alkanes of at least 4 members (excludes halogenated alkanes) is 1. The van der Waals surface area contributed by atoms with Gasteiger partial charge in [0.15, 0.2) is 6.17 Å². The Morgan fingerprint density at radius 3 is 2.52 bits per heavy atom. The predicted octanol–water partition coefficient (Wildman–Crippen LogP) is 2.96. The Morgan fingerprint density at radius 2 is 1.78 bits per heavy atom. The summed E-state index contributed by atoms with van der Waals surface area (Å²) in [7, 11) is 0. The van der Waals surface area contributed by atoms with Crippen molar-refractivity contribution in [1.29, 1.82) is 0 Å². The van der Waals surface area contributed by atoms with E-state index < -0.39 is 6.17 Å². The number of nitrogens with zero attached hydrogens (tertiary/aromatic N) is 2. The molecule has 0 aliphatic carbocycles. The summed E-state index contributed by atoms with van der Waals surface area (Å²) in [5, 5.41) is 0. The van der Waals surface area contributed by atoms with Gasteiger partial charge in [0.2, 0.25) is 0 Å². The molecule has 4 nitrogen and oxygen atoms in total. The number of carbonyl (C=O) groups excluding carboxylic acids is 1. The molecule has 1 aliphatic rings. The summed E-state index contributed by atoms with van der Waals surface area (Å²) in [5.41, 5.74) is 9.67. The number of amides is 1. The van der Waals surface area contributed by atoms with Crippen molar-refractivity contribution < 1.29 is 4.79 Å². The zero-order valence-electron chi connectivity index (χ0n) is 13.3. The van der Waals surface area contributed by atoms with E-state index in [9.17, 15) is 4.79 Å². The monoisotopic (exact) mass is 307 g/mol. The normalized spacial score (nSPS) is 17.5. The van der Waals surface area contributed by atoms with Crippen LogP contribution in [0.3, 0.4) is 0 Å². The second-order valence-electron chi connectivity index (χ2n) is 5.65. The molecule has 0 spiro atoms. The number of rotatable bonds is 4. The molecule has 4 heteroatoms. The molecule has 2 aromatic carbocycles. The van der Waals surface area contributed by atoms with Gasteiger partial charge in [0.05, 0.1) is 11.4 Å². The standard InChI is InChI=1S/C19H21N3O/c1-2-3-13-22-16-12-8-7-11-15(16)17(21-18(20)19(22)23)14-9-5-4-6-10-14/h4-12,18H,2-3,13,20H2,1H3. The molecule has 1 aliphatic heterocycles. The molecule has 23 heavy (non-hydrogen) atoms. The van der Waals surface area contributed by atoms with E-state index in [0.29, 0.717) is 6.54 Å². The molecule has 0 fully saturated rings. The van der Waals surface area contributed by atoms with Gasteiger partial charge in [0.25, 0.3) is 5.91 Å². The van der Waals surface area contributed by atoms with Gasteiger partial charge in [-0.05, 0) is 12.5 Å². The van der Waals surface area contributed by atoms with E-state index in [2.05, 4.69) is 11.9 Å². The number of para-hydroxylation sites is 1.